The first-order valence-electron chi connectivity index (χ1n) is 8.19. The lowest BCUT2D eigenvalue weighted by Crippen LogP contribution is -2.48. The van der Waals surface area contributed by atoms with Crippen LogP contribution >= 0.6 is 0 Å². The Bertz CT molecular complexity index is 706. The number of carbonyl (C=O) groups excluding carboxylic acids is 1. The van der Waals surface area contributed by atoms with E-state index in [2.05, 4.69) is 40.9 Å². The maximum absolute atomic E-state index is 12.6. The van der Waals surface area contributed by atoms with Crippen molar-refractivity contribution in [1.82, 2.24) is 29.7 Å². The van der Waals surface area contributed by atoms with Crippen LogP contribution in [0.25, 0.3) is 0 Å². The molecule has 1 fully saturated rings. The standard InChI is InChI=1S/C16H24N6O2/c1-12-18-14(19-24-12)11-20-5-7-21(8-6-20)15(23)13-9-17-22(10-13)16(2,3)4/h9-10H,5-8,11H2,1-4H3. The molecule has 0 aromatic carbocycles. The highest BCUT2D eigenvalue weighted by Gasteiger charge is 2.25. The van der Waals surface area contributed by atoms with Crippen molar-refractivity contribution in [2.45, 2.75) is 39.8 Å². The number of nitrogens with zero attached hydrogens (tertiary/aromatic N) is 6. The first-order chi connectivity index (χ1) is 11.3. The van der Waals surface area contributed by atoms with E-state index < -0.39 is 0 Å². The molecule has 0 saturated carbocycles. The van der Waals surface area contributed by atoms with Crippen LogP contribution in [0.4, 0.5) is 0 Å². The summed E-state index contributed by atoms with van der Waals surface area (Å²) in [5, 5.41) is 8.23. The number of piperazine rings is 1. The fourth-order valence-corrected chi connectivity index (χ4v) is 2.70. The number of aryl methyl sites for hydroxylation is 1. The van der Waals surface area contributed by atoms with Gasteiger partial charge in [0.15, 0.2) is 5.82 Å². The highest BCUT2D eigenvalue weighted by atomic mass is 16.5. The van der Waals surface area contributed by atoms with Crippen molar-refractivity contribution in [3.8, 4) is 0 Å². The molecule has 2 aromatic rings. The highest BCUT2D eigenvalue weighted by Crippen LogP contribution is 2.15. The second kappa shape index (κ2) is 6.35. The molecule has 0 unspecified atom stereocenters. The number of amides is 1. The van der Waals surface area contributed by atoms with Crippen LogP contribution in [0.5, 0.6) is 0 Å². The second-order valence-corrected chi connectivity index (χ2v) is 7.14. The van der Waals surface area contributed by atoms with Gasteiger partial charge >= 0.3 is 0 Å². The van der Waals surface area contributed by atoms with E-state index >= 15 is 0 Å². The van der Waals surface area contributed by atoms with Gasteiger partial charge in [-0.25, -0.2) is 0 Å². The predicted octanol–water partition coefficient (Wildman–Crippen LogP) is 1.29. The molecule has 24 heavy (non-hydrogen) atoms. The molecule has 130 valence electrons. The third-order valence-electron chi connectivity index (χ3n) is 4.11. The topological polar surface area (TPSA) is 80.3 Å². The Labute approximate surface area is 141 Å². The van der Waals surface area contributed by atoms with E-state index in [-0.39, 0.29) is 11.4 Å². The maximum atomic E-state index is 12.6. The first kappa shape index (κ1) is 16.6. The van der Waals surface area contributed by atoms with Gasteiger partial charge in [-0.2, -0.15) is 10.1 Å². The van der Waals surface area contributed by atoms with E-state index in [1.54, 1.807) is 13.1 Å². The van der Waals surface area contributed by atoms with E-state index in [9.17, 15) is 4.79 Å². The van der Waals surface area contributed by atoms with Crippen molar-refractivity contribution in [3.05, 3.63) is 29.7 Å². The molecule has 3 heterocycles. The lowest BCUT2D eigenvalue weighted by Gasteiger charge is -2.33. The van der Waals surface area contributed by atoms with E-state index in [0.717, 1.165) is 13.1 Å². The molecule has 3 rings (SSSR count). The minimum Gasteiger partial charge on any atom is -0.340 e. The van der Waals surface area contributed by atoms with Crippen LogP contribution in [0.15, 0.2) is 16.9 Å². The fraction of sp³-hybridized carbons (Fsp3) is 0.625. The van der Waals surface area contributed by atoms with Crippen LogP contribution in [-0.4, -0.2) is 61.8 Å². The van der Waals surface area contributed by atoms with Crippen LogP contribution in [0.3, 0.4) is 0 Å². The molecule has 1 amide bonds. The highest BCUT2D eigenvalue weighted by molar-refractivity contribution is 5.93. The zero-order valence-electron chi connectivity index (χ0n) is 14.7. The van der Waals surface area contributed by atoms with Gasteiger partial charge in [0, 0.05) is 39.3 Å². The van der Waals surface area contributed by atoms with Crippen LogP contribution in [0.1, 0.15) is 42.8 Å². The summed E-state index contributed by atoms with van der Waals surface area (Å²) in [6, 6.07) is 0. The molecule has 0 atom stereocenters. The van der Waals surface area contributed by atoms with Gasteiger partial charge < -0.3 is 9.42 Å². The average Bonchev–Trinajstić information content (AvgIpc) is 3.16. The molecular weight excluding hydrogens is 308 g/mol. The Morgan fingerprint density at radius 2 is 1.96 bits per heavy atom. The Balaban J connectivity index is 1.56. The van der Waals surface area contributed by atoms with Crippen LogP contribution < -0.4 is 0 Å². The fourth-order valence-electron chi connectivity index (χ4n) is 2.70. The van der Waals surface area contributed by atoms with Crippen molar-refractivity contribution in [1.29, 1.82) is 0 Å². The Kier molecular flexibility index (Phi) is 4.40. The summed E-state index contributed by atoms with van der Waals surface area (Å²) < 4.78 is 6.82. The minimum absolute atomic E-state index is 0.0422. The molecular formula is C16H24N6O2. The van der Waals surface area contributed by atoms with E-state index in [0.29, 0.717) is 36.9 Å². The smallest absolute Gasteiger partial charge is 0.257 e. The Morgan fingerprint density at radius 1 is 1.25 bits per heavy atom. The van der Waals surface area contributed by atoms with Crippen LogP contribution in [0.2, 0.25) is 0 Å². The number of hydrogen-bond acceptors (Lipinski definition) is 6. The molecule has 1 saturated heterocycles. The van der Waals surface area contributed by atoms with Crippen molar-refractivity contribution in [2.24, 2.45) is 0 Å². The van der Waals surface area contributed by atoms with Gasteiger partial charge in [0.05, 0.1) is 23.8 Å². The summed E-state index contributed by atoms with van der Waals surface area (Å²) in [6.45, 7) is 11.6. The van der Waals surface area contributed by atoms with Gasteiger partial charge in [0.2, 0.25) is 5.89 Å². The molecule has 2 aromatic heterocycles. The monoisotopic (exact) mass is 332 g/mol. The minimum atomic E-state index is -0.125. The van der Waals surface area contributed by atoms with Gasteiger partial charge in [-0.1, -0.05) is 5.16 Å². The molecule has 0 bridgehead atoms. The third kappa shape index (κ3) is 3.64. The quantitative estimate of drug-likeness (QED) is 0.842. The second-order valence-electron chi connectivity index (χ2n) is 7.14. The van der Waals surface area contributed by atoms with Crippen molar-refractivity contribution in [3.63, 3.8) is 0 Å². The number of carbonyl (C=O) groups is 1. The van der Waals surface area contributed by atoms with Gasteiger partial charge in [0.1, 0.15) is 0 Å². The lowest BCUT2D eigenvalue weighted by molar-refractivity contribution is 0.0624. The van der Waals surface area contributed by atoms with Crippen molar-refractivity contribution in [2.75, 3.05) is 26.2 Å². The van der Waals surface area contributed by atoms with Gasteiger partial charge in [-0.15, -0.1) is 0 Å². The summed E-state index contributed by atoms with van der Waals surface area (Å²) in [4.78, 5) is 20.9. The number of rotatable bonds is 3. The molecule has 0 radical (unpaired) electrons. The molecule has 8 nitrogen and oxygen atoms in total. The predicted molar refractivity (Wildman–Crippen MR) is 87.4 cm³/mol. The number of aromatic nitrogens is 4. The third-order valence-corrected chi connectivity index (χ3v) is 4.11. The van der Waals surface area contributed by atoms with Crippen LogP contribution in [0, 0.1) is 6.92 Å². The van der Waals surface area contributed by atoms with Gasteiger partial charge in [0.25, 0.3) is 5.91 Å². The van der Waals surface area contributed by atoms with Crippen molar-refractivity contribution >= 4 is 5.91 Å². The van der Waals surface area contributed by atoms with Gasteiger partial charge in [-0.05, 0) is 20.8 Å². The van der Waals surface area contributed by atoms with E-state index in [4.69, 9.17) is 4.52 Å². The van der Waals surface area contributed by atoms with Crippen LogP contribution in [-0.2, 0) is 12.1 Å². The van der Waals surface area contributed by atoms with Gasteiger partial charge in [-0.3, -0.25) is 14.4 Å². The Hall–Kier alpha value is -2.22. The summed E-state index contributed by atoms with van der Waals surface area (Å²) in [5.74, 6) is 1.31. The zero-order chi connectivity index (χ0) is 17.3. The molecule has 1 aliphatic rings. The lowest BCUT2D eigenvalue weighted by atomic mass is 10.1. The summed E-state index contributed by atoms with van der Waals surface area (Å²) in [6.07, 6.45) is 3.48. The largest absolute Gasteiger partial charge is 0.340 e. The zero-order valence-corrected chi connectivity index (χ0v) is 14.7. The summed E-state index contributed by atoms with van der Waals surface area (Å²) in [7, 11) is 0. The molecule has 8 heteroatoms. The molecule has 1 aliphatic heterocycles. The first-order valence-corrected chi connectivity index (χ1v) is 8.19. The maximum Gasteiger partial charge on any atom is 0.257 e. The normalized spacial score (nSPS) is 16.6. The Morgan fingerprint density at radius 3 is 2.50 bits per heavy atom. The molecule has 0 N–H and O–H groups in total. The van der Waals surface area contributed by atoms with Crippen molar-refractivity contribution < 1.29 is 9.32 Å². The molecule has 0 spiro atoms. The summed E-state index contributed by atoms with van der Waals surface area (Å²) >= 11 is 0. The molecule has 0 aliphatic carbocycles. The average molecular weight is 332 g/mol. The SMILES string of the molecule is Cc1nc(CN2CCN(C(=O)c3cnn(C(C)(C)C)c3)CC2)no1. The summed E-state index contributed by atoms with van der Waals surface area (Å²) in [5.41, 5.74) is 0.520. The van der Waals surface area contributed by atoms with E-state index in [1.807, 2.05) is 15.8 Å². The number of hydrogen-bond donors (Lipinski definition) is 0. The van der Waals surface area contributed by atoms with E-state index in [1.165, 1.54) is 0 Å².